The maximum atomic E-state index is 12.9. The molecular formula is C21H24N2O4S. The van der Waals surface area contributed by atoms with Crippen molar-refractivity contribution in [1.82, 2.24) is 9.29 Å². The Bertz CT molecular complexity index is 1130. The van der Waals surface area contributed by atoms with E-state index in [0.29, 0.717) is 29.6 Å². The number of fused-ring (bicyclic) bond motifs is 1. The largest absolute Gasteiger partial charge is 0.403 e. The van der Waals surface area contributed by atoms with E-state index in [1.165, 1.54) is 16.4 Å². The Morgan fingerprint density at radius 3 is 2.25 bits per heavy atom. The van der Waals surface area contributed by atoms with Crippen LogP contribution < -0.4 is 5.63 Å². The first-order valence-electron chi connectivity index (χ1n) is 9.39. The minimum Gasteiger partial charge on any atom is -0.403 e. The van der Waals surface area contributed by atoms with Gasteiger partial charge in [-0.1, -0.05) is 25.5 Å². The van der Waals surface area contributed by atoms with Crippen molar-refractivity contribution in [3.05, 3.63) is 58.4 Å². The van der Waals surface area contributed by atoms with Crippen molar-refractivity contribution in [1.29, 1.82) is 0 Å². The summed E-state index contributed by atoms with van der Waals surface area (Å²) in [4.78, 5) is 16.9. The van der Waals surface area contributed by atoms with Gasteiger partial charge in [-0.2, -0.15) is 4.31 Å². The van der Waals surface area contributed by atoms with Gasteiger partial charge in [-0.15, -0.1) is 0 Å². The minimum atomic E-state index is -3.55. The lowest BCUT2D eigenvalue weighted by atomic mass is 10.1. The molecule has 0 aliphatic heterocycles. The van der Waals surface area contributed by atoms with Gasteiger partial charge in [0, 0.05) is 18.7 Å². The van der Waals surface area contributed by atoms with Gasteiger partial charge in [0.1, 0.15) is 0 Å². The van der Waals surface area contributed by atoms with E-state index in [4.69, 9.17) is 4.42 Å². The molecule has 1 heterocycles. The highest BCUT2D eigenvalue weighted by Gasteiger charge is 2.23. The van der Waals surface area contributed by atoms with Crippen LogP contribution in [0.3, 0.4) is 0 Å². The minimum absolute atomic E-state index is 0.171. The monoisotopic (exact) mass is 400 g/mol. The zero-order chi connectivity index (χ0) is 20.3. The third-order valence-corrected chi connectivity index (χ3v) is 6.38. The van der Waals surface area contributed by atoms with E-state index in [1.807, 2.05) is 26.8 Å². The normalized spacial score (nSPS) is 12.0. The Labute approximate surface area is 164 Å². The second kappa shape index (κ2) is 8.24. The van der Waals surface area contributed by atoms with Crippen LogP contribution in [0.1, 0.15) is 32.3 Å². The fourth-order valence-electron chi connectivity index (χ4n) is 3.08. The van der Waals surface area contributed by atoms with Gasteiger partial charge in [-0.3, -0.25) is 0 Å². The molecule has 0 atom stereocenters. The zero-order valence-electron chi connectivity index (χ0n) is 16.3. The van der Waals surface area contributed by atoms with E-state index < -0.39 is 15.6 Å². The van der Waals surface area contributed by atoms with E-state index in [0.717, 1.165) is 18.4 Å². The summed E-state index contributed by atoms with van der Waals surface area (Å²) in [6.45, 7) is 6.77. The molecule has 3 rings (SSSR count). The summed E-state index contributed by atoms with van der Waals surface area (Å²) < 4.78 is 32.6. The lowest BCUT2D eigenvalue weighted by Crippen LogP contribution is -2.32. The van der Waals surface area contributed by atoms with Crippen LogP contribution in [0.4, 0.5) is 0 Å². The lowest BCUT2D eigenvalue weighted by molar-refractivity contribution is 0.410. The third-order valence-electron chi connectivity index (χ3n) is 4.47. The molecule has 1 aromatic heterocycles. The van der Waals surface area contributed by atoms with Gasteiger partial charge in [0.25, 0.3) is 0 Å². The van der Waals surface area contributed by atoms with Crippen molar-refractivity contribution in [2.75, 3.05) is 13.1 Å². The molecule has 0 amide bonds. The molecule has 0 N–H and O–H groups in total. The predicted molar refractivity (Wildman–Crippen MR) is 110 cm³/mol. The summed E-state index contributed by atoms with van der Waals surface area (Å²) in [5, 5.41) is 0.428. The third kappa shape index (κ3) is 4.00. The highest BCUT2D eigenvalue weighted by atomic mass is 32.2. The first-order chi connectivity index (χ1) is 13.4. The second-order valence-electron chi connectivity index (χ2n) is 6.76. The molecule has 0 radical (unpaired) electrons. The average molecular weight is 401 g/mol. The lowest BCUT2D eigenvalue weighted by Gasteiger charge is -2.21. The van der Waals surface area contributed by atoms with Crippen LogP contribution in [0.25, 0.3) is 22.4 Å². The number of sulfonamides is 1. The molecular weight excluding hydrogens is 376 g/mol. The SMILES string of the molecule is CCCN(CCC)S(=O)(=O)c1ccc(-c2nc3ccc(C)cc3c(=O)o2)cc1. The average Bonchev–Trinajstić information content (AvgIpc) is 2.68. The number of aromatic nitrogens is 1. The van der Waals surface area contributed by atoms with Gasteiger partial charge in [-0.25, -0.2) is 18.2 Å². The van der Waals surface area contributed by atoms with Crippen LogP contribution in [0, 0.1) is 6.92 Å². The summed E-state index contributed by atoms with van der Waals surface area (Å²) in [5.74, 6) is 0.171. The van der Waals surface area contributed by atoms with Crippen molar-refractivity contribution >= 4 is 20.9 Å². The van der Waals surface area contributed by atoms with E-state index in [1.54, 1.807) is 24.3 Å². The van der Waals surface area contributed by atoms with Gasteiger partial charge >= 0.3 is 5.63 Å². The highest BCUT2D eigenvalue weighted by molar-refractivity contribution is 7.89. The van der Waals surface area contributed by atoms with Crippen LogP contribution in [-0.4, -0.2) is 30.8 Å². The maximum absolute atomic E-state index is 12.9. The van der Waals surface area contributed by atoms with E-state index in [9.17, 15) is 13.2 Å². The molecule has 7 heteroatoms. The summed E-state index contributed by atoms with van der Waals surface area (Å²) in [5.41, 5.74) is 1.59. The van der Waals surface area contributed by atoms with Gasteiger partial charge in [0.05, 0.1) is 15.8 Å². The van der Waals surface area contributed by atoms with Gasteiger partial charge in [0.2, 0.25) is 15.9 Å². The van der Waals surface area contributed by atoms with Crippen molar-refractivity contribution in [2.45, 2.75) is 38.5 Å². The topological polar surface area (TPSA) is 80.5 Å². The predicted octanol–water partition coefficient (Wildman–Crippen LogP) is 3.97. The van der Waals surface area contributed by atoms with Crippen LogP contribution >= 0.6 is 0 Å². The molecule has 0 spiro atoms. The standard InChI is InChI=1S/C21H24N2O4S/c1-4-12-23(13-5-2)28(25,26)17-9-7-16(8-10-17)20-22-19-11-6-15(3)14-18(19)21(24)27-20/h6-11,14H,4-5,12-13H2,1-3H3. The van der Waals surface area contributed by atoms with Gasteiger partial charge in [-0.05, 0) is 56.2 Å². The summed E-state index contributed by atoms with van der Waals surface area (Å²) >= 11 is 0. The van der Waals surface area contributed by atoms with E-state index >= 15 is 0 Å². The smallest absolute Gasteiger partial charge is 0.347 e. The molecule has 148 valence electrons. The van der Waals surface area contributed by atoms with E-state index in [-0.39, 0.29) is 10.8 Å². The number of benzene rings is 2. The summed E-state index contributed by atoms with van der Waals surface area (Å²) in [7, 11) is -3.55. The number of hydrogen-bond acceptors (Lipinski definition) is 5. The first-order valence-corrected chi connectivity index (χ1v) is 10.8. The fraction of sp³-hybridized carbons (Fsp3) is 0.333. The molecule has 6 nitrogen and oxygen atoms in total. The Hall–Kier alpha value is -2.51. The van der Waals surface area contributed by atoms with Gasteiger partial charge < -0.3 is 4.42 Å². The van der Waals surface area contributed by atoms with Crippen LogP contribution in [0.5, 0.6) is 0 Å². The fourth-order valence-corrected chi connectivity index (χ4v) is 4.70. The molecule has 0 fully saturated rings. The molecule has 0 bridgehead atoms. The Morgan fingerprint density at radius 2 is 1.64 bits per heavy atom. The second-order valence-corrected chi connectivity index (χ2v) is 8.69. The Kier molecular flexibility index (Phi) is 5.96. The zero-order valence-corrected chi connectivity index (χ0v) is 17.1. The molecule has 0 saturated carbocycles. The number of hydrogen-bond donors (Lipinski definition) is 0. The van der Waals surface area contributed by atoms with Crippen LogP contribution in [0.2, 0.25) is 0 Å². The van der Waals surface area contributed by atoms with Gasteiger partial charge in [0.15, 0.2) is 0 Å². The number of rotatable bonds is 7. The highest BCUT2D eigenvalue weighted by Crippen LogP contribution is 2.23. The van der Waals surface area contributed by atoms with Crippen molar-refractivity contribution in [3.8, 4) is 11.5 Å². The molecule has 0 saturated heterocycles. The van der Waals surface area contributed by atoms with Crippen molar-refractivity contribution in [3.63, 3.8) is 0 Å². The quantitative estimate of drug-likeness (QED) is 0.599. The number of aryl methyl sites for hydroxylation is 1. The van der Waals surface area contributed by atoms with Crippen LogP contribution in [0.15, 0.2) is 56.6 Å². The van der Waals surface area contributed by atoms with Crippen LogP contribution in [-0.2, 0) is 10.0 Å². The Morgan fingerprint density at radius 1 is 1.00 bits per heavy atom. The van der Waals surface area contributed by atoms with Crippen molar-refractivity contribution < 1.29 is 12.8 Å². The molecule has 0 aliphatic rings. The molecule has 3 aromatic rings. The first kappa shape index (κ1) is 20.2. The van der Waals surface area contributed by atoms with E-state index in [2.05, 4.69) is 4.98 Å². The summed E-state index contributed by atoms with van der Waals surface area (Å²) in [6, 6.07) is 11.7. The summed E-state index contributed by atoms with van der Waals surface area (Å²) in [6.07, 6.45) is 1.51. The Balaban J connectivity index is 1.97. The van der Waals surface area contributed by atoms with Crippen molar-refractivity contribution in [2.24, 2.45) is 0 Å². The maximum Gasteiger partial charge on any atom is 0.347 e. The number of nitrogens with zero attached hydrogens (tertiary/aromatic N) is 2. The molecule has 0 unspecified atom stereocenters. The molecule has 2 aromatic carbocycles. The molecule has 28 heavy (non-hydrogen) atoms. The molecule has 0 aliphatic carbocycles.